The largest absolute Gasteiger partial charge is 0.355 e. The molecule has 0 radical (unpaired) electrons. The molecule has 0 aliphatic rings. The number of amides is 1. The number of hydrogen-bond donors (Lipinski definition) is 2. The fraction of sp³-hybridized carbons (Fsp3) is 0.643. The average molecular weight is 268 g/mol. The van der Waals surface area contributed by atoms with Crippen LogP contribution in [0.15, 0.2) is 11.4 Å². The maximum absolute atomic E-state index is 11.9. The summed E-state index contributed by atoms with van der Waals surface area (Å²) in [4.78, 5) is 13.2. The minimum Gasteiger partial charge on any atom is -0.355 e. The van der Waals surface area contributed by atoms with E-state index in [1.807, 2.05) is 6.92 Å². The van der Waals surface area contributed by atoms with Crippen molar-refractivity contribution in [3.8, 4) is 0 Å². The SMILES string of the molecule is Cc1ccsc1C(C)(C)CNC(=O)C(C)CCN. The number of hydrogen-bond acceptors (Lipinski definition) is 3. The quantitative estimate of drug-likeness (QED) is 0.832. The Bertz CT molecular complexity index is 398. The van der Waals surface area contributed by atoms with E-state index in [-0.39, 0.29) is 17.2 Å². The van der Waals surface area contributed by atoms with Crippen LogP contribution in [0.4, 0.5) is 0 Å². The van der Waals surface area contributed by atoms with E-state index < -0.39 is 0 Å². The monoisotopic (exact) mass is 268 g/mol. The molecule has 0 saturated carbocycles. The second-order valence-corrected chi connectivity index (χ2v) is 6.43. The van der Waals surface area contributed by atoms with Gasteiger partial charge in [-0.1, -0.05) is 20.8 Å². The van der Waals surface area contributed by atoms with Gasteiger partial charge in [0.25, 0.3) is 0 Å². The third kappa shape index (κ3) is 3.82. The highest BCUT2D eigenvalue weighted by molar-refractivity contribution is 7.10. The first-order valence-electron chi connectivity index (χ1n) is 6.41. The molecule has 1 heterocycles. The molecule has 0 bridgehead atoms. The number of aryl methyl sites for hydroxylation is 1. The number of rotatable bonds is 6. The molecule has 0 aliphatic heterocycles. The van der Waals surface area contributed by atoms with Crippen molar-refractivity contribution in [3.63, 3.8) is 0 Å². The van der Waals surface area contributed by atoms with Gasteiger partial charge in [-0.2, -0.15) is 0 Å². The van der Waals surface area contributed by atoms with Gasteiger partial charge in [0, 0.05) is 22.8 Å². The summed E-state index contributed by atoms with van der Waals surface area (Å²) in [7, 11) is 0. The highest BCUT2D eigenvalue weighted by Gasteiger charge is 2.25. The number of thiophene rings is 1. The normalized spacial score (nSPS) is 13.4. The Morgan fingerprint density at radius 3 is 2.72 bits per heavy atom. The van der Waals surface area contributed by atoms with Crippen molar-refractivity contribution < 1.29 is 4.79 Å². The van der Waals surface area contributed by atoms with Crippen molar-refractivity contribution in [1.82, 2.24) is 5.32 Å². The van der Waals surface area contributed by atoms with Gasteiger partial charge in [-0.25, -0.2) is 0 Å². The first-order chi connectivity index (χ1) is 8.38. The smallest absolute Gasteiger partial charge is 0.222 e. The fourth-order valence-electron chi connectivity index (χ4n) is 2.01. The molecule has 1 aromatic rings. The lowest BCUT2D eigenvalue weighted by Crippen LogP contribution is -2.39. The molecule has 3 N–H and O–H groups in total. The topological polar surface area (TPSA) is 55.1 Å². The molecule has 0 spiro atoms. The molecule has 102 valence electrons. The lowest BCUT2D eigenvalue weighted by Gasteiger charge is -2.25. The zero-order valence-corrected chi connectivity index (χ0v) is 12.6. The Balaban J connectivity index is 2.57. The van der Waals surface area contributed by atoms with Crippen LogP contribution in [0.1, 0.15) is 37.6 Å². The predicted molar refractivity (Wildman–Crippen MR) is 77.9 cm³/mol. The molecule has 0 aliphatic carbocycles. The van der Waals surface area contributed by atoms with E-state index in [1.54, 1.807) is 11.3 Å². The molecule has 0 fully saturated rings. The molecule has 1 rings (SSSR count). The molecule has 1 unspecified atom stereocenters. The maximum atomic E-state index is 11.9. The highest BCUT2D eigenvalue weighted by Crippen LogP contribution is 2.30. The van der Waals surface area contributed by atoms with Gasteiger partial charge in [0.1, 0.15) is 0 Å². The van der Waals surface area contributed by atoms with E-state index in [0.29, 0.717) is 13.1 Å². The number of carbonyl (C=O) groups is 1. The molecule has 3 nitrogen and oxygen atoms in total. The standard InChI is InChI=1S/C14H24N2OS/c1-10-6-8-18-12(10)14(3,4)9-16-13(17)11(2)5-7-15/h6,8,11H,5,7,9,15H2,1-4H3,(H,16,17). The van der Waals surface area contributed by atoms with E-state index in [9.17, 15) is 4.79 Å². The van der Waals surface area contributed by atoms with Crippen molar-refractivity contribution >= 4 is 17.2 Å². The highest BCUT2D eigenvalue weighted by atomic mass is 32.1. The summed E-state index contributed by atoms with van der Waals surface area (Å²) >= 11 is 1.76. The van der Waals surface area contributed by atoms with Crippen LogP contribution in [0.2, 0.25) is 0 Å². The summed E-state index contributed by atoms with van der Waals surface area (Å²) < 4.78 is 0. The van der Waals surface area contributed by atoms with Crippen LogP contribution in [-0.2, 0) is 10.2 Å². The van der Waals surface area contributed by atoms with Gasteiger partial charge in [-0.3, -0.25) is 4.79 Å². The van der Waals surface area contributed by atoms with Crippen LogP contribution >= 0.6 is 11.3 Å². The second kappa shape index (κ2) is 6.34. The van der Waals surface area contributed by atoms with Crippen LogP contribution < -0.4 is 11.1 Å². The molecule has 0 aromatic carbocycles. The van der Waals surface area contributed by atoms with Crippen molar-refractivity contribution in [2.75, 3.05) is 13.1 Å². The summed E-state index contributed by atoms with van der Waals surface area (Å²) in [5.41, 5.74) is 6.75. The van der Waals surface area contributed by atoms with Crippen LogP contribution in [0.25, 0.3) is 0 Å². The van der Waals surface area contributed by atoms with Crippen LogP contribution in [0.5, 0.6) is 0 Å². The van der Waals surface area contributed by atoms with E-state index in [0.717, 1.165) is 6.42 Å². The minimum absolute atomic E-state index is 0.00441. The van der Waals surface area contributed by atoms with Gasteiger partial charge in [0.2, 0.25) is 5.91 Å². The lowest BCUT2D eigenvalue weighted by atomic mass is 9.89. The van der Waals surface area contributed by atoms with Gasteiger partial charge in [0.05, 0.1) is 0 Å². The van der Waals surface area contributed by atoms with Gasteiger partial charge in [0.15, 0.2) is 0 Å². The minimum atomic E-state index is -0.0175. The summed E-state index contributed by atoms with van der Waals surface area (Å²) in [5.74, 6) is 0.0953. The Hall–Kier alpha value is -0.870. The number of carbonyl (C=O) groups excluding carboxylic acids is 1. The van der Waals surface area contributed by atoms with Gasteiger partial charge in [-0.15, -0.1) is 11.3 Å². The lowest BCUT2D eigenvalue weighted by molar-refractivity contribution is -0.124. The molecular formula is C14H24N2OS. The summed E-state index contributed by atoms with van der Waals surface area (Å²) in [6.07, 6.45) is 0.740. The van der Waals surface area contributed by atoms with Crippen molar-refractivity contribution in [2.24, 2.45) is 11.7 Å². The fourth-order valence-corrected chi connectivity index (χ4v) is 3.06. The Morgan fingerprint density at radius 2 is 2.22 bits per heavy atom. The molecule has 1 amide bonds. The number of nitrogens with two attached hydrogens (primary N) is 1. The predicted octanol–water partition coefficient (Wildman–Crippen LogP) is 2.44. The van der Waals surface area contributed by atoms with Gasteiger partial charge < -0.3 is 11.1 Å². The maximum Gasteiger partial charge on any atom is 0.222 e. The zero-order chi connectivity index (χ0) is 13.8. The first kappa shape index (κ1) is 15.2. The van der Waals surface area contributed by atoms with Gasteiger partial charge in [-0.05, 0) is 36.9 Å². The molecule has 4 heteroatoms. The van der Waals surface area contributed by atoms with Crippen molar-refractivity contribution in [2.45, 2.75) is 39.5 Å². The van der Waals surface area contributed by atoms with Gasteiger partial charge >= 0.3 is 0 Å². The first-order valence-corrected chi connectivity index (χ1v) is 7.29. The van der Waals surface area contributed by atoms with Crippen LogP contribution in [0, 0.1) is 12.8 Å². The van der Waals surface area contributed by atoms with E-state index >= 15 is 0 Å². The zero-order valence-electron chi connectivity index (χ0n) is 11.7. The second-order valence-electron chi connectivity index (χ2n) is 5.51. The molecule has 0 saturated heterocycles. The molecule has 1 atom stereocenters. The Morgan fingerprint density at radius 1 is 1.56 bits per heavy atom. The summed E-state index contributed by atoms with van der Waals surface area (Å²) in [6, 6.07) is 2.13. The number of nitrogens with one attached hydrogen (secondary N) is 1. The molecular weight excluding hydrogens is 244 g/mol. The third-order valence-electron chi connectivity index (χ3n) is 3.23. The third-order valence-corrected chi connectivity index (χ3v) is 4.61. The molecule has 18 heavy (non-hydrogen) atoms. The molecule has 1 aromatic heterocycles. The van der Waals surface area contributed by atoms with E-state index in [2.05, 4.69) is 37.5 Å². The van der Waals surface area contributed by atoms with E-state index in [1.165, 1.54) is 10.4 Å². The summed E-state index contributed by atoms with van der Waals surface area (Å²) in [5, 5.41) is 5.14. The Labute approximate surface area is 114 Å². The summed E-state index contributed by atoms with van der Waals surface area (Å²) in [6.45, 7) is 9.60. The van der Waals surface area contributed by atoms with Crippen molar-refractivity contribution in [3.05, 3.63) is 21.9 Å². The Kier molecular flexibility index (Phi) is 5.35. The average Bonchev–Trinajstić information content (AvgIpc) is 2.73. The van der Waals surface area contributed by atoms with Crippen molar-refractivity contribution in [1.29, 1.82) is 0 Å². The van der Waals surface area contributed by atoms with E-state index in [4.69, 9.17) is 5.73 Å². The van der Waals surface area contributed by atoms with Crippen LogP contribution in [0.3, 0.4) is 0 Å². The van der Waals surface area contributed by atoms with Crippen LogP contribution in [-0.4, -0.2) is 19.0 Å².